The highest BCUT2D eigenvalue weighted by Crippen LogP contribution is 2.25. The molecule has 174 valence electrons. The molecule has 0 spiro atoms. The Morgan fingerprint density at radius 3 is 2.42 bits per heavy atom. The third-order valence-electron chi connectivity index (χ3n) is 5.50. The average Bonchev–Trinajstić information content (AvgIpc) is 3.32. The smallest absolute Gasteiger partial charge is 0.243 e. The Kier molecular flexibility index (Phi) is 7.39. The van der Waals surface area contributed by atoms with Gasteiger partial charge in [0, 0.05) is 50.1 Å². The van der Waals surface area contributed by atoms with Crippen molar-refractivity contribution in [1.82, 2.24) is 14.2 Å². The number of sulfonamides is 1. The average molecular weight is 487 g/mol. The maximum absolute atomic E-state index is 12.9. The molecule has 2 heterocycles. The number of amides is 1. The van der Waals surface area contributed by atoms with E-state index in [1.807, 2.05) is 35.7 Å². The van der Waals surface area contributed by atoms with Gasteiger partial charge in [-0.15, -0.1) is 11.3 Å². The van der Waals surface area contributed by atoms with Crippen LogP contribution in [0, 0.1) is 0 Å². The van der Waals surface area contributed by atoms with Gasteiger partial charge in [0.15, 0.2) is 5.13 Å². The van der Waals surface area contributed by atoms with Gasteiger partial charge in [0.25, 0.3) is 0 Å². The summed E-state index contributed by atoms with van der Waals surface area (Å²) in [6.45, 7) is 2.51. The number of thiazole rings is 1. The van der Waals surface area contributed by atoms with Crippen molar-refractivity contribution in [2.24, 2.45) is 0 Å². The van der Waals surface area contributed by atoms with Gasteiger partial charge in [-0.1, -0.05) is 30.3 Å². The minimum absolute atomic E-state index is 0.0998. The lowest BCUT2D eigenvalue weighted by Crippen LogP contribution is -2.49. The summed E-state index contributed by atoms with van der Waals surface area (Å²) in [5.41, 5.74) is 1.85. The SMILES string of the molecule is COc1ccc(S(=O)(=O)N2CCN(CCC(=O)Nc3nc(-c4ccccc4)cs3)CC2)cc1. The van der Waals surface area contributed by atoms with E-state index in [1.165, 1.54) is 15.6 Å². The van der Waals surface area contributed by atoms with Crippen molar-refractivity contribution in [3.05, 3.63) is 60.0 Å². The van der Waals surface area contributed by atoms with E-state index in [4.69, 9.17) is 4.74 Å². The summed E-state index contributed by atoms with van der Waals surface area (Å²) in [4.78, 5) is 19.2. The number of hydrogen-bond donors (Lipinski definition) is 1. The molecule has 4 rings (SSSR count). The number of nitrogens with zero attached hydrogens (tertiary/aromatic N) is 3. The fourth-order valence-corrected chi connectivity index (χ4v) is 5.76. The number of benzene rings is 2. The predicted octanol–water partition coefficient (Wildman–Crippen LogP) is 3.15. The Balaban J connectivity index is 1.24. The van der Waals surface area contributed by atoms with E-state index < -0.39 is 10.0 Å². The molecule has 3 aromatic rings. The number of ether oxygens (including phenoxy) is 1. The molecule has 1 amide bonds. The van der Waals surface area contributed by atoms with Crippen molar-refractivity contribution in [2.45, 2.75) is 11.3 Å². The molecule has 1 aromatic heterocycles. The Bertz CT molecular complexity index is 1170. The lowest BCUT2D eigenvalue weighted by molar-refractivity contribution is -0.116. The summed E-state index contributed by atoms with van der Waals surface area (Å²) >= 11 is 1.40. The summed E-state index contributed by atoms with van der Waals surface area (Å²) in [5, 5.41) is 5.36. The van der Waals surface area contributed by atoms with Crippen molar-refractivity contribution in [3.63, 3.8) is 0 Å². The molecule has 0 atom stereocenters. The molecule has 1 fully saturated rings. The molecule has 2 aromatic carbocycles. The highest BCUT2D eigenvalue weighted by Gasteiger charge is 2.28. The minimum Gasteiger partial charge on any atom is -0.497 e. The van der Waals surface area contributed by atoms with Crippen LogP contribution in [0.2, 0.25) is 0 Å². The molecule has 8 nitrogen and oxygen atoms in total. The van der Waals surface area contributed by atoms with Crippen LogP contribution >= 0.6 is 11.3 Å². The number of carbonyl (C=O) groups is 1. The van der Waals surface area contributed by atoms with Gasteiger partial charge in [0.1, 0.15) is 5.75 Å². The third kappa shape index (κ3) is 5.77. The molecule has 33 heavy (non-hydrogen) atoms. The molecule has 0 saturated carbocycles. The lowest BCUT2D eigenvalue weighted by atomic mass is 10.2. The van der Waals surface area contributed by atoms with Gasteiger partial charge in [-0.3, -0.25) is 4.79 Å². The van der Waals surface area contributed by atoms with Crippen LogP contribution in [-0.4, -0.2) is 68.3 Å². The molecule has 0 unspecified atom stereocenters. The van der Waals surface area contributed by atoms with E-state index in [1.54, 1.807) is 31.4 Å². The van der Waals surface area contributed by atoms with Crippen LogP contribution in [-0.2, 0) is 14.8 Å². The van der Waals surface area contributed by atoms with E-state index in [9.17, 15) is 13.2 Å². The summed E-state index contributed by atoms with van der Waals surface area (Å²) in [5.74, 6) is 0.517. The van der Waals surface area contributed by atoms with Crippen LogP contribution in [0.4, 0.5) is 5.13 Å². The zero-order chi connectivity index (χ0) is 23.3. The van der Waals surface area contributed by atoms with Gasteiger partial charge in [0.05, 0.1) is 17.7 Å². The standard InChI is InChI=1S/C23H26N4O4S2/c1-31-19-7-9-20(10-8-19)33(29,30)27-15-13-26(14-16-27)12-11-22(28)25-23-24-21(17-32-23)18-5-3-2-4-6-18/h2-10,17H,11-16H2,1H3,(H,24,25,28). The lowest BCUT2D eigenvalue weighted by Gasteiger charge is -2.33. The molecule has 1 aliphatic rings. The summed E-state index contributed by atoms with van der Waals surface area (Å²) < 4.78 is 32.3. The van der Waals surface area contributed by atoms with Crippen molar-refractivity contribution >= 4 is 32.4 Å². The van der Waals surface area contributed by atoms with E-state index in [0.717, 1.165) is 11.3 Å². The second kappa shape index (κ2) is 10.4. The normalized spacial score (nSPS) is 15.3. The first-order valence-corrected chi connectivity index (χ1v) is 12.9. The topological polar surface area (TPSA) is 91.8 Å². The number of aromatic nitrogens is 1. The summed E-state index contributed by atoms with van der Waals surface area (Å²) in [6, 6.07) is 16.2. The van der Waals surface area contributed by atoms with Gasteiger partial charge in [-0.2, -0.15) is 4.31 Å². The van der Waals surface area contributed by atoms with Crippen LogP contribution in [0.5, 0.6) is 5.75 Å². The van der Waals surface area contributed by atoms with Crippen molar-refractivity contribution in [1.29, 1.82) is 0 Å². The van der Waals surface area contributed by atoms with Crippen molar-refractivity contribution in [2.75, 3.05) is 45.2 Å². The summed E-state index contributed by atoms with van der Waals surface area (Å²) in [6.07, 6.45) is 0.325. The molecule has 0 radical (unpaired) electrons. The molecule has 1 saturated heterocycles. The zero-order valence-corrected chi connectivity index (χ0v) is 19.9. The fraction of sp³-hybridized carbons (Fsp3) is 0.304. The molecule has 10 heteroatoms. The quantitative estimate of drug-likeness (QED) is 0.526. The number of nitrogens with one attached hydrogen (secondary N) is 1. The third-order valence-corrected chi connectivity index (χ3v) is 8.17. The van der Waals surface area contributed by atoms with E-state index in [-0.39, 0.29) is 10.8 Å². The first kappa shape index (κ1) is 23.4. The highest BCUT2D eigenvalue weighted by atomic mass is 32.2. The maximum Gasteiger partial charge on any atom is 0.243 e. The van der Waals surface area contributed by atoms with E-state index in [0.29, 0.717) is 50.0 Å². The van der Waals surface area contributed by atoms with Crippen LogP contribution in [0.3, 0.4) is 0 Å². The molecule has 1 N–H and O–H groups in total. The van der Waals surface area contributed by atoms with Crippen LogP contribution in [0.25, 0.3) is 11.3 Å². The monoisotopic (exact) mass is 486 g/mol. The number of anilines is 1. The van der Waals surface area contributed by atoms with E-state index in [2.05, 4.69) is 15.2 Å². The second-order valence-electron chi connectivity index (χ2n) is 7.62. The zero-order valence-electron chi connectivity index (χ0n) is 18.3. The maximum atomic E-state index is 12.9. The van der Waals surface area contributed by atoms with Gasteiger partial charge in [-0.05, 0) is 24.3 Å². The molecule has 1 aliphatic heterocycles. The van der Waals surface area contributed by atoms with Gasteiger partial charge < -0.3 is 15.0 Å². The molecular formula is C23H26N4O4S2. The Morgan fingerprint density at radius 1 is 1.06 bits per heavy atom. The Morgan fingerprint density at radius 2 is 1.76 bits per heavy atom. The predicted molar refractivity (Wildman–Crippen MR) is 129 cm³/mol. The van der Waals surface area contributed by atoms with Crippen LogP contribution in [0.15, 0.2) is 64.9 Å². The number of methoxy groups -OCH3 is 1. The number of carbonyl (C=O) groups excluding carboxylic acids is 1. The van der Waals surface area contributed by atoms with E-state index >= 15 is 0 Å². The molecule has 0 bridgehead atoms. The first-order chi connectivity index (χ1) is 16.0. The Hall–Kier alpha value is -2.79. The first-order valence-electron chi connectivity index (χ1n) is 10.6. The van der Waals surface area contributed by atoms with Gasteiger partial charge in [-0.25, -0.2) is 13.4 Å². The van der Waals surface area contributed by atoms with Gasteiger partial charge in [0.2, 0.25) is 15.9 Å². The highest BCUT2D eigenvalue weighted by molar-refractivity contribution is 7.89. The van der Waals surface area contributed by atoms with Crippen molar-refractivity contribution < 1.29 is 17.9 Å². The second-order valence-corrected chi connectivity index (χ2v) is 10.4. The number of hydrogen-bond acceptors (Lipinski definition) is 7. The molecular weight excluding hydrogens is 460 g/mol. The number of piperazine rings is 1. The van der Waals surface area contributed by atoms with Crippen LogP contribution in [0.1, 0.15) is 6.42 Å². The molecule has 0 aliphatic carbocycles. The van der Waals surface area contributed by atoms with Gasteiger partial charge >= 0.3 is 0 Å². The van der Waals surface area contributed by atoms with Crippen LogP contribution < -0.4 is 10.1 Å². The largest absolute Gasteiger partial charge is 0.497 e. The Labute approximate surface area is 197 Å². The number of rotatable bonds is 8. The fourth-order valence-electron chi connectivity index (χ4n) is 3.60. The minimum atomic E-state index is -3.54. The summed E-state index contributed by atoms with van der Waals surface area (Å²) in [7, 11) is -1.99. The van der Waals surface area contributed by atoms with Crippen molar-refractivity contribution in [3.8, 4) is 17.0 Å².